The van der Waals surface area contributed by atoms with Crippen molar-refractivity contribution >= 4 is 11.9 Å². The summed E-state index contributed by atoms with van der Waals surface area (Å²) in [6.07, 6.45) is 0. The third kappa shape index (κ3) is 9.54. The predicted molar refractivity (Wildman–Crippen MR) is 16.0 cm³/mol. The van der Waals surface area contributed by atoms with E-state index in [0.717, 1.165) is 0 Å². The molecule has 0 aromatic carbocycles. The van der Waals surface area contributed by atoms with Gasteiger partial charge in [0.25, 0.3) is 0 Å². The van der Waals surface area contributed by atoms with E-state index in [2.05, 4.69) is 0 Å². The summed E-state index contributed by atoms with van der Waals surface area (Å²) >= 11 is 1.44. The SMILES string of the molecule is O=C(O)C(=O)O.[O]=[Yb]. The molecule has 54 valence electrons. The fraction of sp³-hybridized carbons (Fsp3) is 0. The van der Waals surface area contributed by atoms with Crippen molar-refractivity contribution in [1.82, 2.24) is 0 Å². The zero-order valence-electron chi connectivity index (χ0n) is 3.39. The number of hydrogen-bond donors (Lipinski definition) is 2. The second kappa shape index (κ2) is 7.26. The average molecular weight is 279 g/mol. The van der Waals surface area contributed by atoms with Gasteiger partial charge in [0, 0.05) is 0 Å². The second-order valence-corrected chi connectivity index (χ2v) is 0.610. The molecule has 2 N–H and O–H groups in total. The molecule has 0 aromatic heterocycles. The number of carbonyl (C=O) groups is 2. The minimum atomic E-state index is -1.82. The molecule has 0 bridgehead atoms. The molecule has 0 heterocycles. The van der Waals surface area contributed by atoms with Gasteiger partial charge in [-0.25, -0.2) is 9.59 Å². The molecule has 0 saturated heterocycles. The van der Waals surface area contributed by atoms with E-state index >= 15 is 0 Å². The van der Waals surface area contributed by atoms with E-state index in [1.54, 1.807) is 0 Å². The van der Waals surface area contributed by atoms with Crippen LogP contribution in [0.2, 0.25) is 0 Å². The van der Waals surface area contributed by atoms with Gasteiger partial charge in [-0.1, -0.05) is 0 Å². The third-order valence-electron chi connectivity index (χ3n) is 0.183. The summed E-state index contributed by atoms with van der Waals surface area (Å²) in [5, 5.41) is 14.8. The van der Waals surface area contributed by atoms with Crippen molar-refractivity contribution in [2.24, 2.45) is 0 Å². The Bertz CT molecular complexity index is 86.6. The Morgan fingerprint density at radius 2 is 1.12 bits per heavy atom. The molecule has 0 atom stereocenters. The summed E-state index contributed by atoms with van der Waals surface area (Å²) in [4.78, 5) is 18.2. The third-order valence-corrected chi connectivity index (χ3v) is 0.183. The first kappa shape index (κ1) is 11.1. The van der Waals surface area contributed by atoms with Gasteiger partial charge in [0.05, 0.1) is 0 Å². The van der Waals surface area contributed by atoms with Gasteiger partial charge in [-0.2, -0.15) is 0 Å². The Morgan fingerprint density at radius 3 is 1.12 bits per heavy atom. The first-order chi connectivity index (χ1) is 3.64. The molecule has 0 amide bonds. The molecule has 0 aliphatic carbocycles. The summed E-state index contributed by atoms with van der Waals surface area (Å²) in [5.74, 6) is -3.65. The Balaban J connectivity index is 0. The van der Waals surface area contributed by atoms with Crippen molar-refractivity contribution in [3.8, 4) is 0 Å². The summed E-state index contributed by atoms with van der Waals surface area (Å²) in [7, 11) is 0. The topological polar surface area (TPSA) is 91.7 Å². The summed E-state index contributed by atoms with van der Waals surface area (Å²) in [6, 6.07) is 0. The Kier molecular flexibility index (Phi) is 10.1. The van der Waals surface area contributed by atoms with E-state index in [0.29, 0.717) is 0 Å². The summed E-state index contributed by atoms with van der Waals surface area (Å²) in [6.45, 7) is 0. The standard InChI is InChI=1S/C2H2O4.O.Yb/c3-1(4)2(5)6;;/h(H,3,4)(H,5,6);;. The Labute approximate surface area is 75.9 Å². The van der Waals surface area contributed by atoms with Crippen LogP contribution < -0.4 is 0 Å². The molecule has 6 heteroatoms. The Morgan fingerprint density at radius 1 is 1.00 bits per heavy atom. The maximum absolute atomic E-state index is 9.10. The summed E-state index contributed by atoms with van der Waals surface area (Å²) in [5.41, 5.74) is 0. The summed E-state index contributed by atoms with van der Waals surface area (Å²) < 4.78 is 8.11. The molecule has 0 saturated carbocycles. The van der Waals surface area contributed by atoms with E-state index in [9.17, 15) is 0 Å². The quantitative estimate of drug-likeness (QED) is 0.557. The van der Waals surface area contributed by atoms with Gasteiger partial charge in [0.2, 0.25) is 0 Å². The molecule has 0 aliphatic heterocycles. The van der Waals surface area contributed by atoms with E-state index < -0.39 is 11.9 Å². The average Bonchev–Trinajstić information content (AvgIpc) is 1.72. The van der Waals surface area contributed by atoms with Crippen LogP contribution in [-0.4, -0.2) is 22.2 Å². The molecule has 0 unspecified atom stereocenters. The molecule has 0 spiro atoms. The van der Waals surface area contributed by atoms with Gasteiger partial charge in [0.1, 0.15) is 0 Å². The van der Waals surface area contributed by atoms with Crippen LogP contribution in [0.5, 0.6) is 0 Å². The molecule has 0 aromatic rings. The van der Waals surface area contributed by atoms with Crippen LogP contribution in [0.4, 0.5) is 0 Å². The van der Waals surface area contributed by atoms with Crippen molar-refractivity contribution in [1.29, 1.82) is 0 Å². The second-order valence-electron chi connectivity index (χ2n) is 0.610. The zero-order chi connectivity index (χ0) is 7.15. The van der Waals surface area contributed by atoms with Gasteiger partial charge in [-0.15, -0.1) is 0 Å². The number of carboxylic acid groups (broad SMARTS) is 2. The first-order valence-electron chi connectivity index (χ1n) is 1.21. The van der Waals surface area contributed by atoms with Gasteiger partial charge >= 0.3 is 57.0 Å². The van der Waals surface area contributed by atoms with Crippen LogP contribution >= 0.6 is 0 Å². The molecular weight excluding hydrogens is 277 g/mol. The van der Waals surface area contributed by atoms with Gasteiger partial charge in [0.15, 0.2) is 0 Å². The zero-order valence-corrected chi connectivity index (χ0v) is 5.10. The van der Waals surface area contributed by atoms with Gasteiger partial charge in [-0.3, -0.25) is 0 Å². The minimum absolute atomic E-state index is 1.44. The molecule has 0 aliphatic rings. The van der Waals surface area contributed by atoms with Gasteiger partial charge < -0.3 is 10.2 Å². The van der Waals surface area contributed by atoms with Crippen LogP contribution in [0.15, 0.2) is 0 Å². The normalized spacial score (nSPS) is 6.25. The number of rotatable bonds is 0. The fourth-order valence-electron chi connectivity index (χ4n) is 0. The molecule has 5 nitrogen and oxygen atoms in total. The molecule has 8 heavy (non-hydrogen) atoms. The molecule has 0 radical (unpaired) electrons. The van der Waals surface area contributed by atoms with Crippen LogP contribution in [0.25, 0.3) is 0 Å². The predicted octanol–water partition coefficient (Wildman–Crippen LogP) is -0.963. The van der Waals surface area contributed by atoms with Crippen LogP contribution in [0, 0.1) is 44.8 Å². The molecule has 0 fully saturated rings. The monoisotopic (exact) mass is 280 g/mol. The van der Waals surface area contributed by atoms with Gasteiger partial charge in [-0.05, 0) is 0 Å². The fourth-order valence-corrected chi connectivity index (χ4v) is 0. The molecular formula is C2H2O5Yb. The van der Waals surface area contributed by atoms with E-state index in [1.165, 1.54) is 44.8 Å². The van der Waals surface area contributed by atoms with E-state index in [4.69, 9.17) is 20.1 Å². The van der Waals surface area contributed by atoms with Crippen molar-refractivity contribution in [2.75, 3.05) is 0 Å². The van der Waals surface area contributed by atoms with Crippen LogP contribution in [0.3, 0.4) is 0 Å². The number of aliphatic carboxylic acids is 2. The van der Waals surface area contributed by atoms with E-state index in [-0.39, 0.29) is 0 Å². The van der Waals surface area contributed by atoms with E-state index in [1.807, 2.05) is 0 Å². The van der Waals surface area contributed by atoms with Crippen LogP contribution in [0.1, 0.15) is 0 Å². The Hall–Kier alpha value is 0.259. The number of hydrogen-bond acceptors (Lipinski definition) is 3. The van der Waals surface area contributed by atoms with Crippen molar-refractivity contribution in [2.45, 2.75) is 0 Å². The van der Waals surface area contributed by atoms with Crippen LogP contribution in [-0.2, 0) is 9.88 Å². The van der Waals surface area contributed by atoms with Crippen molar-refractivity contribution in [3.63, 3.8) is 0 Å². The van der Waals surface area contributed by atoms with Crippen molar-refractivity contribution < 1.29 is 64.9 Å². The van der Waals surface area contributed by atoms with Crippen molar-refractivity contribution in [3.05, 3.63) is 0 Å². The molecule has 0 rings (SSSR count). The maximum atomic E-state index is 9.10. The first-order valence-corrected chi connectivity index (χ1v) is 1.91. The number of carboxylic acids is 2.